The number of hydrogen-bond acceptors (Lipinski definition) is 3. The Morgan fingerprint density at radius 2 is 2.14 bits per heavy atom. The fraction of sp³-hybridized carbons (Fsp3) is 0.647. The van der Waals surface area contributed by atoms with Crippen LogP contribution in [0.4, 0.5) is 0 Å². The van der Waals surface area contributed by atoms with E-state index >= 15 is 0 Å². The van der Waals surface area contributed by atoms with E-state index in [1.54, 1.807) is 6.20 Å². The molecule has 0 bridgehead atoms. The average Bonchev–Trinajstić information content (AvgIpc) is 2.43. The highest BCUT2D eigenvalue weighted by Crippen LogP contribution is 2.31. The van der Waals surface area contributed by atoms with Gasteiger partial charge in [0.05, 0.1) is 0 Å². The molecule has 118 valence electrons. The van der Waals surface area contributed by atoms with Crippen molar-refractivity contribution in [2.24, 2.45) is 17.1 Å². The van der Waals surface area contributed by atoms with Crippen molar-refractivity contribution in [1.82, 2.24) is 10.3 Å². The Hall–Kier alpha value is -1.42. The van der Waals surface area contributed by atoms with Crippen LogP contribution in [0, 0.1) is 11.3 Å². The first kappa shape index (κ1) is 17.6. The Balaban J connectivity index is 2.27. The highest BCUT2D eigenvalue weighted by atomic mass is 16.1. The van der Waals surface area contributed by atoms with E-state index in [4.69, 9.17) is 5.73 Å². The van der Waals surface area contributed by atoms with Crippen LogP contribution in [0.1, 0.15) is 45.6 Å². The van der Waals surface area contributed by atoms with E-state index in [9.17, 15) is 4.79 Å². The highest BCUT2D eigenvalue weighted by molar-refractivity contribution is 5.75. The summed E-state index contributed by atoms with van der Waals surface area (Å²) < 4.78 is 0. The van der Waals surface area contributed by atoms with E-state index in [1.165, 1.54) is 0 Å². The highest BCUT2D eigenvalue weighted by Gasteiger charge is 2.24. The summed E-state index contributed by atoms with van der Waals surface area (Å²) in [6.07, 6.45) is 6.88. The smallest absolute Gasteiger partial charge is 0.220 e. The molecule has 0 fully saturated rings. The molecule has 4 nitrogen and oxygen atoms in total. The fourth-order valence-corrected chi connectivity index (χ4v) is 2.50. The molecule has 21 heavy (non-hydrogen) atoms. The summed E-state index contributed by atoms with van der Waals surface area (Å²) in [6.45, 7) is 8.00. The van der Waals surface area contributed by atoms with Crippen LogP contribution in [0.2, 0.25) is 0 Å². The maximum absolute atomic E-state index is 11.9. The third-order valence-electron chi connectivity index (χ3n) is 3.92. The second kappa shape index (κ2) is 8.78. The van der Waals surface area contributed by atoms with Crippen molar-refractivity contribution in [3.8, 4) is 0 Å². The van der Waals surface area contributed by atoms with Crippen LogP contribution < -0.4 is 11.1 Å². The van der Waals surface area contributed by atoms with E-state index < -0.39 is 0 Å². The number of aromatic nitrogens is 1. The summed E-state index contributed by atoms with van der Waals surface area (Å²) in [7, 11) is 0. The van der Waals surface area contributed by atoms with Crippen LogP contribution in [0.5, 0.6) is 0 Å². The normalized spacial score (nSPS) is 13.0. The molecule has 3 N–H and O–H groups in total. The van der Waals surface area contributed by atoms with Gasteiger partial charge in [0.1, 0.15) is 0 Å². The lowest BCUT2D eigenvalue weighted by molar-refractivity contribution is -0.121. The zero-order chi connectivity index (χ0) is 15.7. The van der Waals surface area contributed by atoms with Gasteiger partial charge in [0.2, 0.25) is 5.91 Å². The van der Waals surface area contributed by atoms with E-state index in [-0.39, 0.29) is 11.3 Å². The quantitative estimate of drug-likeness (QED) is 0.773. The molecule has 0 radical (unpaired) electrons. The van der Waals surface area contributed by atoms with Crippen LogP contribution in [0.15, 0.2) is 24.5 Å². The number of rotatable bonds is 8. The maximum Gasteiger partial charge on any atom is 0.220 e. The molecule has 0 aromatic carbocycles. The number of carbonyl (C=O) groups excluding carboxylic acids is 1. The Morgan fingerprint density at radius 1 is 1.38 bits per heavy atom. The van der Waals surface area contributed by atoms with Gasteiger partial charge in [-0.15, -0.1) is 0 Å². The molecule has 0 saturated carbocycles. The molecule has 0 aliphatic heterocycles. The van der Waals surface area contributed by atoms with Crippen molar-refractivity contribution >= 4 is 5.91 Å². The molecule has 0 spiro atoms. The lowest BCUT2D eigenvalue weighted by Crippen LogP contribution is -2.29. The largest absolute Gasteiger partial charge is 0.356 e. The Morgan fingerprint density at radius 3 is 2.71 bits per heavy atom. The zero-order valence-electron chi connectivity index (χ0n) is 13.6. The van der Waals surface area contributed by atoms with Crippen LogP contribution in [0.3, 0.4) is 0 Å². The number of hydrogen-bond donors (Lipinski definition) is 2. The number of nitrogens with two attached hydrogens (primary N) is 1. The first-order chi connectivity index (χ1) is 9.93. The van der Waals surface area contributed by atoms with Gasteiger partial charge in [-0.2, -0.15) is 0 Å². The van der Waals surface area contributed by atoms with E-state index in [2.05, 4.69) is 31.1 Å². The van der Waals surface area contributed by atoms with Gasteiger partial charge in [-0.3, -0.25) is 9.78 Å². The Bertz CT molecular complexity index is 412. The summed E-state index contributed by atoms with van der Waals surface area (Å²) in [5, 5.41) is 2.98. The molecular weight excluding hydrogens is 262 g/mol. The van der Waals surface area contributed by atoms with Crippen molar-refractivity contribution in [2.45, 2.75) is 46.5 Å². The third-order valence-corrected chi connectivity index (χ3v) is 3.92. The molecule has 1 aromatic heterocycles. The summed E-state index contributed by atoms with van der Waals surface area (Å²) in [4.78, 5) is 16.0. The van der Waals surface area contributed by atoms with Gasteiger partial charge >= 0.3 is 0 Å². The molecule has 1 rings (SSSR count). The summed E-state index contributed by atoms with van der Waals surface area (Å²) >= 11 is 0. The fourth-order valence-electron chi connectivity index (χ4n) is 2.50. The molecule has 1 atom stereocenters. The second-order valence-electron chi connectivity index (χ2n) is 6.64. The Labute approximate surface area is 128 Å². The summed E-state index contributed by atoms with van der Waals surface area (Å²) in [5.74, 6) is 0.622. The van der Waals surface area contributed by atoms with Crippen LogP contribution in [-0.4, -0.2) is 24.0 Å². The third kappa shape index (κ3) is 7.23. The SMILES string of the molecule is CC(C)(C)C(CCN)CCC(=O)NCCc1cccnc1. The molecule has 1 amide bonds. The van der Waals surface area contributed by atoms with E-state index in [0.29, 0.717) is 25.4 Å². The van der Waals surface area contributed by atoms with Gasteiger partial charge < -0.3 is 11.1 Å². The molecule has 0 saturated heterocycles. The molecule has 0 aliphatic carbocycles. The molecule has 0 aliphatic rings. The summed E-state index contributed by atoms with van der Waals surface area (Å²) in [6, 6.07) is 3.94. The van der Waals surface area contributed by atoms with Gasteiger partial charge in [-0.25, -0.2) is 0 Å². The molecule has 1 heterocycles. The van der Waals surface area contributed by atoms with Crippen LogP contribution in [-0.2, 0) is 11.2 Å². The minimum atomic E-state index is 0.130. The molecular formula is C17H29N3O. The van der Waals surface area contributed by atoms with Gasteiger partial charge in [-0.05, 0) is 48.8 Å². The molecule has 1 unspecified atom stereocenters. The monoisotopic (exact) mass is 291 g/mol. The van der Waals surface area contributed by atoms with Crippen molar-refractivity contribution < 1.29 is 4.79 Å². The van der Waals surface area contributed by atoms with Gasteiger partial charge in [-0.1, -0.05) is 26.8 Å². The lowest BCUT2D eigenvalue weighted by Gasteiger charge is -2.30. The lowest BCUT2D eigenvalue weighted by atomic mass is 9.76. The molecule has 1 aromatic rings. The predicted molar refractivity (Wildman–Crippen MR) is 86.8 cm³/mol. The zero-order valence-corrected chi connectivity index (χ0v) is 13.6. The number of nitrogens with zero attached hydrogens (tertiary/aromatic N) is 1. The van der Waals surface area contributed by atoms with Gasteiger partial charge in [0, 0.05) is 25.4 Å². The van der Waals surface area contributed by atoms with Crippen LogP contribution >= 0.6 is 0 Å². The van der Waals surface area contributed by atoms with Gasteiger partial charge in [0.15, 0.2) is 0 Å². The number of pyridine rings is 1. The maximum atomic E-state index is 11.9. The first-order valence-electron chi connectivity index (χ1n) is 7.79. The average molecular weight is 291 g/mol. The second-order valence-corrected chi connectivity index (χ2v) is 6.64. The first-order valence-corrected chi connectivity index (χ1v) is 7.79. The van der Waals surface area contributed by atoms with Crippen molar-refractivity contribution in [2.75, 3.05) is 13.1 Å². The van der Waals surface area contributed by atoms with Crippen molar-refractivity contribution in [3.63, 3.8) is 0 Å². The summed E-state index contributed by atoms with van der Waals surface area (Å²) in [5.41, 5.74) is 7.02. The van der Waals surface area contributed by atoms with E-state index in [0.717, 1.165) is 24.8 Å². The number of amides is 1. The Kier molecular flexibility index (Phi) is 7.37. The van der Waals surface area contributed by atoms with Crippen LogP contribution in [0.25, 0.3) is 0 Å². The standard InChI is InChI=1S/C17H29N3O/c1-17(2,3)15(8-10-18)6-7-16(21)20-12-9-14-5-4-11-19-13-14/h4-5,11,13,15H,6-10,12,18H2,1-3H3,(H,20,21). The topological polar surface area (TPSA) is 68.0 Å². The predicted octanol–water partition coefficient (Wildman–Crippen LogP) is 2.53. The van der Waals surface area contributed by atoms with Crippen molar-refractivity contribution in [1.29, 1.82) is 0 Å². The minimum Gasteiger partial charge on any atom is -0.356 e. The number of nitrogens with one attached hydrogen (secondary N) is 1. The number of carbonyl (C=O) groups is 1. The van der Waals surface area contributed by atoms with Crippen molar-refractivity contribution in [3.05, 3.63) is 30.1 Å². The van der Waals surface area contributed by atoms with E-state index in [1.807, 2.05) is 18.3 Å². The van der Waals surface area contributed by atoms with Gasteiger partial charge in [0.25, 0.3) is 0 Å². The minimum absolute atomic E-state index is 0.130. The molecule has 4 heteroatoms.